The molecule has 0 bridgehead atoms. The van der Waals surface area contributed by atoms with Crippen LogP contribution < -0.4 is 10.1 Å². The molecule has 1 N–H and O–H groups in total. The second kappa shape index (κ2) is 7.18. The standard InChI is InChI=1S/C21H27N3O/c1-5-10-17-19(23-21(2,3)4)24-14-9-13-18(20(24)22-17)25-15-16-11-7-6-8-12-16/h6-9,11-14,23H,5,10,15H2,1-4H3. The fourth-order valence-electron chi connectivity index (χ4n) is 2.84. The summed E-state index contributed by atoms with van der Waals surface area (Å²) in [5, 5.41) is 3.60. The van der Waals surface area contributed by atoms with Crippen molar-refractivity contribution in [2.75, 3.05) is 5.32 Å². The SMILES string of the molecule is CCCc1nc2c(OCc3ccccc3)cccn2c1NC(C)(C)C. The molecule has 4 heteroatoms. The minimum absolute atomic E-state index is 0.0284. The van der Waals surface area contributed by atoms with Crippen molar-refractivity contribution >= 4 is 11.5 Å². The van der Waals surface area contributed by atoms with Crippen molar-refractivity contribution in [2.24, 2.45) is 0 Å². The van der Waals surface area contributed by atoms with E-state index in [1.807, 2.05) is 36.5 Å². The summed E-state index contributed by atoms with van der Waals surface area (Å²) in [5.74, 6) is 1.88. The molecule has 1 aromatic carbocycles. The number of pyridine rings is 1. The molecule has 132 valence electrons. The van der Waals surface area contributed by atoms with E-state index in [1.54, 1.807) is 0 Å². The molecule has 0 aliphatic carbocycles. The van der Waals surface area contributed by atoms with Gasteiger partial charge in [-0.1, -0.05) is 43.7 Å². The van der Waals surface area contributed by atoms with Gasteiger partial charge in [0, 0.05) is 11.7 Å². The van der Waals surface area contributed by atoms with E-state index in [1.165, 1.54) is 0 Å². The summed E-state index contributed by atoms with van der Waals surface area (Å²) in [4.78, 5) is 4.87. The summed E-state index contributed by atoms with van der Waals surface area (Å²) in [5.41, 5.74) is 3.08. The molecule has 4 nitrogen and oxygen atoms in total. The quantitative estimate of drug-likeness (QED) is 0.682. The van der Waals surface area contributed by atoms with E-state index < -0.39 is 0 Å². The average molecular weight is 337 g/mol. The Bertz CT molecular complexity index is 831. The number of nitrogens with zero attached hydrogens (tertiary/aromatic N) is 2. The first-order chi connectivity index (χ1) is 12.0. The summed E-state index contributed by atoms with van der Waals surface area (Å²) in [6.45, 7) is 9.21. The summed E-state index contributed by atoms with van der Waals surface area (Å²) in [6, 6.07) is 14.2. The Labute approximate surface area is 149 Å². The van der Waals surface area contributed by atoms with Gasteiger partial charge in [0.1, 0.15) is 12.4 Å². The van der Waals surface area contributed by atoms with E-state index >= 15 is 0 Å². The lowest BCUT2D eigenvalue weighted by atomic mass is 10.1. The van der Waals surface area contributed by atoms with Crippen molar-refractivity contribution in [1.29, 1.82) is 0 Å². The zero-order chi connectivity index (χ0) is 17.9. The van der Waals surface area contributed by atoms with Gasteiger partial charge in [0.05, 0.1) is 5.69 Å². The highest BCUT2D eigenvalue weighted by atomic mass is 16.5. The molecule has 2 aromatic heterocycles. The smallest absolute Gasteiger partial charge is 0.181 e. The number of nitrogens with one attached hydrogen (secondary N) is 1. The number of aryl methyl sites for hydroxylation is 1. The van der Waals surface area contributed by atoms with Crippen LogP contribution in [-0.2, 0) is 13.0 Å². The average Bonchev–Trinajstić information content (AvgIpc) is 2.91. The highest BCUT2D eigenvalue weighted by molar-refractivity contribution is 5.63. The summed E-state index contributed by atoms with van der Waals surface area (Å²) >= 11 is 0. The van der Waals surface area contributed by atoms with Crippen LogP contribution in [0.1, 0.15) is 45.4 Å². The Morgan fingerprint density at radius 2 is 1.84 bits per heavy atom. The van der Waals surface area contributed by atoms with Gasteiger partial charge < -0.3 is 10.1 Å². The maximum absolute atomic E-state index is 6.07. The van der Waals surface area contributed by atoms with Gasteiger partial charge in [-0.05, 0) is 44.9 Å². The van der Waals surface area contributed by atoms with E-state index in [4.69, 9.17) is 9.72 Å². The predicted molar refractivity (Wildman–Crippen MR) is 103 cm³/mol. The van der Waals surface area contributed by atoms with Crippen molar-refractivity contribution in [3.8, 4) is 5.75 Å². The van der Waals surface area contributed by atoms with Gasteiger partial charge in [-0.3, -0.25) is 4.40 Å². The van der Waals surface area contributed by atoms with Crippen molar-refractivity contribution in [3.63, 3.8) is 0 Å². The van der Waals surface area contributed by atoms with Crippen LogP contribution in [0.4, 0.5) is 5.82 Å². The first-order valence-corrected chi connectivity index (χ1v) is 8.93. The van der Waals surface area contributed by atoms with Crippen molar-refractivity contribution in [3.05, 3.63) is 59.9 Å². The van der Waals surface area contributed by atoms with Gasteiger partial charge in [0.15, 0.2) is 11.4 Å². The topological polar surface area (TPSA) is 38.6 Å². The second-order valence-electron chi connectivity index (χ2n) is 7.37. The molecule has 0 aliphatic rings. The molecule has 25 heavy (non-hydrogen) atoms. The van der Waals surface area contributed by atoms with Crippen LogP contribution in [0, 0.1) is 0 Å². The maximum Gasteiger partial charge on any atom is 0.181 e. The van der Waals surface area contributed by atoms with Gasteiger partial charge in [0.2, 0.25) is 0 Å². The lowest BCUT2D eigenvalue weighted by Gasteiger charge is -2.22. The van der Waals surface area contributed by atoms with Crippen LogP contribution in [0.15, 0.2) is 48.7 Å². The minimum atomic E-state index is -0.0284. The van der Waals surface area contributed by atoms with E-state index in [0.717, 1.165) is 41.3 Å². The number of aromatic nitrogens is 2. The van der Waals surface area contributed by atoms with E-state index in [0.29, 0.717) is 6.61 Å². The Kier molecular flexibility index (Phi) is 4.98. The molecule has 0 saturated heterocycles. The number of imidazole rings is 1. The summed E-state index contributed by atoms with van der Waals surface area (Å²) in [6.07, 6.45) is 4.05. The number of hydrogen-bond donors (Lipinski definition) is 1. The minimum Gasteiger partial charge on any atom is -0.485 e. The van der Waals surface area contributed by atoms with Gasteiger partial charge in [-0.2, -0.15) is 0 Å². The Balaban J connectivity index is 1.96. The maximum atomic E-state index is 6.07. The van der Waals surface area contributed by atoms with E-state index in [2.05, 4.69) is 49.5 Å². The lowest BCUT2D eigenvalue weighted by Crippen LogP contribution is -2.27. The highest BCUT2D eigenvalue weighted by Crippen LogP contribution is 2.28. The molecule has 3 rings (SSSR count). The second-order valence-corrected chi connectivity index (χ2v) is 7.37. The molecule has 0 saturated carbocycles. The molecule has 2 heterocycles. The van der Waals surface area contributed by atoms with E-state index in [-0.39, 0.29) is 5.54 Å². The molecule has 0 atom stereocenters. The zero-order valence-electron chi connectivity index (χ0n) is 15.5. The first kappa shape index (κ1) is 17.3. The molecule has 0 spiro atoms. The van der Waals surface area contributed by atoms with Crippen molar-refractivity contribution < 1.29 is 4.74 Å². The third kappa shape index (κ3) is 4.13. The van der Waals surface area contributed by atoms with Crippen molar-refractivity contribution in [1.82, 2.24) is 9.38 Å². The van der Waals surface area contributed by atoms with Crippen molar-refractivity contribution in [2.45, 2.75) is 52.7 Å². The number of anilines is 1. The number of rotatable bonds is 6. The number of ether oxygens (including phenoxy) is 1. The third-order valence-corrected chi connectivity index (χ3v) is 3.90. The molecule has 0 aliphatic heterocycles. The zero-order valence-corrected chi connectivity index (χ0v) is 15.5. The predicted octanol–water partition coefficient (Wildman–Crippen LogP) is 5.08. The Hall–Kier alpha value is -2.49. The molecule has 3 aromatic rings. The normalized spacial score (nSPS) is 11.7. The Morgan fingerprint density at radius 3 is 2.52 bits per heavy atom. The number of hydrogen-bond acceptors (Lipinski definition) is 3. The van der Waals surface area contributed by atoms with Crippen LogP contribution in [0.2, 0.25) is 0 Å². The van der Waals surface area contributed by atoms with Gasteiger partial charge in [0.25, 0.3) is 0 Å². The fraction of sp³-hybridized carbons (Fsp3) is 0.381. The van der Waals surface area contributed by atoms with Crippen LogP contribution in [0.25, 0.3) is 5.65 Å². The molecule has 0 fully saturated rings. The highest BCUT2D eigenvalue weighted by Gasteiger charge is 2.19. The molecule has 0 unspecified atom stereocenters. The monoisotopic (exact) mass is 337 g/mol. The van der Waals surface area contributed by atoms with Gasteiger partial charge >= 0.3 is 0 Å². The number of benzene rings is 1. The van der Waals surface area contributed by atoms with Gasteiger partial charge in [-0.15, -0.1) is 0 Å². The Morgan fingerprint density at radius 1 is 1.08 bits per heavy atom. The van der Waals surface area contributed by atoms with E-state index in [9.17, 15) is 0 Å². The fourth-order valence-corrected chi connectivity index (χ4v) is 2.84. The molecule has 0 radical (unpaired) electrons. The van der Waals surface area contributed by atoms with Crippen LogP contribution >= 0.6 is 0 Å². The molecule has 0 amide bonds. The van der Waals surface area contributed by atoms with Crippen LogP contribution in [0.3, 0.4) is 0 Å². The summed E-state index contributed by atoms with van der Waals surface area (Å²) in [7, 11) is 0. The third-order valence-electron chi connectivity index (χ3n) is 3.90. The van der Waals surface area contributed by atoms with Crippen LogP contribution in [0.5, 0.6) is 5.75 Å². The summed E-state index contributed by atoms with van der Waals surface area (Å²) < 4.78 is 8.18. The molecular formula is C21H27N3O. The largest absolute Gasteiger partial charge is 0.485 e. The molecular weight excluding hydrogens is 310 g/mol. The van der Waals surface area contributed by atoms with Gasteiger partial charge in [-0.25, -0.2) is 4.98 Å². The van der Waals surface area contributed by atoms with Crippen LogP contribution in [-0.4, -0.2) is 14.9 Å². The first-order valence-electron chi connectivity index (χ1n) is 8.93. The number of fused-ring (bicyclic) bond motifs is 1. The lowest BCUT2D eigenvalue weighted by molar-refractivity contribution is 0.308.